The van der Waals surface area contributed by atoms with Crippen LogP contribution in [0, 0.1) is 5.92 Å². The monoisotopic (exact) mass is 459 g/mol. The molecule has 10 heteroatoms. The third-order valence-corrected chi connectivity index (χ3v) is 6.01. The molecule has 0 spiro atoms. The average molecular weight is 460 g/mol. The minimum atomic E-state index is -0.226. The molecule has 2 aromatic heterocycles. The Morgan fingerprint density at radius 2 is 2.00 bits per heavy atom. The first-order chi connectivity index (χ1) is 16.5. The Balaban J connectivity index is 1.21. The Morgan fingerprint density at radius 3 is 2.79 bits per heavy atom. The number of nitrogens with two attached hydrogens (primary N) is 1. The molecule has 1 fully saturated rings. The first-order valence-electron chi connectivity index (χ1n) is 11.0. The van der Waals surface area contributed by atoms with Crippen molar-refractivity contribution in [3.8, 4) is 5.69 Å². The van der Waals surface area contributed by atoms with Gasteiger partial charge < -0.3 is 30.4 Å². The summed E-state index contributed by atoms with van der Waals surface area (Å²) in [5.74, 6) is 1.00. The lowest BCUT2D eigenvalue weighted by atomic mass is 10.1. The summed E-state index contributed by atoms with van der Waals surface area (Å²) in [5.41, 5.74) is 8.59. The quantitative estimate of drug-likeness (QED) is 0.386. The van der Waals surface area contributed by atoms with Crippen LogP contribution in [0.4, 0.5) is 11.5 Å². The highest BCUT2D eigenvalue weighted by Crippen LogP contribution is 2.26. The van der Waals surface area contributed by atoms with E-state index in [1.165, 1.54) is 0 Å². The van der Waals surface area contributed by atoms with Gasteiger partial charge in [-0.2, -0.15) is 0 Å². The molecule has 10 nitrogen and oxygen atoms in total. The molecule has 1 unspecified atom stereocenters. The number of nitrogens with one attached hydrogen (secondary N) is 2. The summed E-state index contributed by atoms with van der Waals surface area (Å²) in [4.78, 5) is 31.4. The normalized spacial score (nSPS) is 15.9. The van der Waals surface area contributed by atoms with Crippen LogP contribution < -0.4 is 21.3 Å². The van der Waals surface area contributed by atoms with Crippen LogP contribution >= 0.6 is 0 Å². The molecule has 0 bridgehead atoms. The van der Waals surface area contributed by atoms with E-state index in [2.05, 4.69) is 20.8 Å². The summed E-state index contributed by atoms with van der Waals surface area (Å²) in [5, 5.41) is 10.3. The number of fused-ring (bicyclic) bond motifs is 1. The van der Waals surface area contributed by atoms with Crippen molar-refractivity contribution < 1.29 is 14.1 Å². The van der Waals surface area contributed by atoms with Gasteiger partial charge in [0.05, 0.1) is 11.9 Å². The SMILES string of the molecule is CNCc1nccn1-c1ccc(N2CC(CNC(=O)c3ccc4onc(N)c4c3)CC2=O)cc1. The molecule has 1 saturated heterocycles. The van der Waals surface area contributed by atoms with E-state index in [0.717, 1.165) is 17.2 Å². The van der Waals surface area contributed by atoms with E-state index in [0.29, 0.717) is 42.6 Å². The van der Waals surface area contributed by atoms with Crippen molar-refractivity contribution in [2.45, 2.75) is 13.0 Å². The van der Waals surface area contributed by atoms with Crippen LogP contribution in [0.3, 0.4) is 0 Å². The Hall–Kier alpha value is -4.18. The first kappa shape index (κ1) is 21.7. The predicted molar refractivity (Wildman–Crippen MR) is 128 cm³/mol. The standard InChI is InChI=1S/C24H25N7O3/c1-26-13-21-27-8-9-30(21)17-3-5-18(6-4-17)31-14-15(10-22(31)32)12-28-24(33)16-2-7-20-19(11-16)23(25)29-34-20/h2-9,11,15,26H,10,12-14H2,1H3,(H2,25,29)(H,28,33). The topological polar surface area (TPSA) is 131 Å². The molecular weight excluding hydrogens is 434 g/mol. The second kappa shape index (κ2) is 8.99. The Kier molecular flexibility index (Phi) is 5.72. The first-order valence-corrected chi connectivity index (χ1v) is 11.0. The lowest BCUT2D eigenvalue weighted by molar-refractivity contribution is -0.117. The summed E-state index contributed by atoms with van der Waals surface area (Å²) >= 11 is 0. The van der Waals surface area contributed by atoms with Gasteiger partial charge in [0, 0.05) is 54.8 Å². The third-order valence-electron chi connectivity index (χ3n) is 6.01. The molecule has 1 aliphatic heterocycles. The van der Waals surface area contributed by atoms with Crippen molar-refractivity contribution in [1.29, 1.82) is 0 Å². The van der Waals surface area contributed by atoms with Crippen LogP contribution in [0.25, 0.3) is 16.7 Å². The summed E-state index contributed by atoms with van der Waals surface area (Å²) < 4.78 is 7.09. The Morgan fingerprint density at radius 1 is 1.21 bits per heavy atom. The van der Waals surface area contributed by atoms with Gasteiger partial charge in [-0.05, 0) is 49.5 Å². The number of rotatable bonds is 7. The maximum Gasteiger partial charge on any atom is 0.251 e. The molecule has 2 aromatic carbocycles. The summed E-state index contributed by atoms with van der Waals surface area (Å²) in [6.07, 6.45) is 4.06. The number of carbonyl (C=O) groups excluding carboxylic acids is 2. The smallest absolute Gasteiger partial charge is 0.251 e. The van der Waals surface area contributed by atoms with E-state index in [9.17, 15) is 9.59 Å². The highest BCUT2D eigenvalue weighted by atomic mass is 16.5. The molecule has 0 radical (unpaired) electrons. The molecule has 3 heterocycles. The van der Waals surface area contributed by atoms with E-state index in [1.807, 2.05) is 42.1 Å². The van der Waals surface area contributed by atoms with Crippen molar-refractivity contribution in [1.82, 2.24) is 25.3 Å². The van der Waals surface area contributed by atoms with E-state index >= 15 is 0 Å². The molecule has 1 atom stereocenters. The van der Waals surface area contributed by atoms with Crippen LogP contribution in [0.2, 0.25) is 0 Å². The number of imidazole rings is 1. The molecule has 2 amide bonds. The highest BCUT2D eigenvalue weighted by molar-refractivity contribution is 6.00. The molecular formula is C24H25N7O3. The molecule has 5 rings (SSSR count). The van der Waals surface area contributed by atoms with Gasteiger partial charge in [-0.25, -0.2) is 4.98 Å². The van der Waals surface area contributed by atoms with Crippen LogP contribution in [-0.2, 0) is 11.3 Å². The van der Waals surface area contributed by atoms with Crippen molar-refractivity contribution in [2.75, 3.05) is 30.8 Å². The van der Waals surface area contributed by atoms with Gasteiger partial charge in [-0.3, -0.25) is 9.59 Å². The summed E-state index contributed by atoms with van der Waals surface area (Å²) in [6.45, 7) is 1.61. The lowest BCUT2D eigenvalue weighted by Gasteiger charge is -2.18. The van der Waals surface area contributed by atoms with E-state index in [-0.39, 0.29) is 23.6 Å². The average Bonchev–Trinajstić information content (AvgIpc) is 3.57. The van der Waals surface area contributed by atoms with Gasteiger partial charge in [0.15, 0.2) is 11.4 Å². The maximum absolute atomic E-state index is 12.7. The van der Waals surface area contributed by atoms with E-state index in [4.69, 9.17) is 10.3 Å². The van der Waals surface area contributed by atoms with Gasteiger partial charge in [-0.1, -0.05) is 5.16 Å². The molecule has 0 saturated carbocycles. The van der Waals surface area contributed by atoms with Crippen molar-refractivity contribution in [3.63, 3.8) is 0 Å². The number of hydrogen-bond donors (Lipinski definition) is 3. The fourth-order valence-corrected chi connectivity index (χ4v) is 4.26. The Bertz CT molecular complexity index is 1340. The second-order valence-electron chi connectivity index (χ2n) is 8.32. The number of nitrogen functional groups attached to an aromatic ring is 1. The van der Waals surface area contributed by atoms with Crippen LogP contribution in [-0.4, -0.2) is 46.7 Å². The largest absolute Gasteiger partial charge is 0.380 e. The number of benzene rings is 2. The zero-order chi connectivity index (χ0) is 23.7. The Labute approximate surface area is 195 Å². The molecule has 0 aliphatic carbocycles. The number of hydrogen-bond acceptors (Lipinski definition) is 7. The molecule has 34 heavy (non-hydrogen) atoms. The van der Waals surface area contributed by atoms with Crippen molar-refractivity contribution >= 4 is 34.3 Å². The number of carbonyl (C=O) groups is 2. The van der Waals surface area contributed by atoms with Gasteiger partial charge in [0.1, 0.15) is 5.82 Å². The summed E-state index contributed by atoms with van der Waals surface area (Å²) in [6, 6.07) is 12.8. The van der Waals surface area contributed by atoms with Crippen LogP contribution in [0.15, 0.2) is 59.4 Å². The zero-order valence-corrected chi connectivity index (χ0v) is 18.7. The fourth-order valence-electron chi connectivity index (χ4n) is 4.26. The van der Waals surface area contributed by atoms with Gasteiger partial charge in [0.2, 0.25) is 5.91 Å². The second-order valence-corrected chi connectivity index (χ2v) is 8.32. The van der Waals surface area contributed by atoms with E-state index in [1.54, 1.807) is 29.3 Å². The minimum Gasteiger partial charge on any atom is -0.380 e. The highest BCUT2D eigenvalue weighted by Gasteiger charge is 2.31. The van der Waals surface area contributed by atoms with Gasteiger partial charge in [0.25, 0.3) is 5.91 Å². The van der Waals surface area contributed by atoms with Crippen LogP contribution in [0.1, 0.15) is 22.6 Å². The number of amides is 2. The maximum atomic E-state index is 12.7. The number of aromatic nitrogens is 3. The molecule has 4 N–H and O–H groups in total. The van der Waals surface area contributed by atoms with Crippen molar-refractivity contribution in [3.05, 3.63) is 66.2 Å². The minimum absolute atomic E-state index is 0.0244. The number of anilines is 2. The fraction of sp³-hybridized carbons (Fsp3) is 0.250. The predicted octanol–water partition coefficient (Wildman–Crippen LogP) is 2.10. The molecule has 1 aliphatic rings. The van der Waals surface area contributed by atoms with Gasteiger partial charge in [-0.15, -0.1) is 0 Å². The van der Waals surface area contributed by atoms with E-state index < -0.39 is 0 Å². The third kappa shape index (κ3) is 4.11. The number of nitrogens with zero attached hydrogens (tertiary/aromatic N) is 4. The zero-order valence-electron chi connectivity index (χ0n) is 18.7. The molecule has 174 valence electrons. The van der Waals surface area contributed by atoms with Gasteiger partial charge >= 0.3 is 0 Å². The summed E-state index contributed by atoms with van der Waals surface area (Å²) in [7, 11) is 1.88. The van der Waals surface area contributed by atoms with Crippen molar-refractivity contribution in [2.24, 2.45) is 5.92 Å². The molecule has 4 aromatic rings. The lowest BCUT2D eigenvalue weighted by Crippen LogP contribution is -2.31. The van der Waals surface area contributed by atoms with Crippen LogP contribution in [0.5, 0.6) is 0 Å².